The summed E-state index contributed by atoms with van der Waals surface area (Å²) in [5.74, 6) is -0.783. The molecule has 0 aliphatic carbocycles. The lowest BCUT2D eigenvalue weighted by atomic mass is 10.3. The molecule has 8 heteroatoms. The highest BCUT2D eigenvalue weighted by atomic mass is 32.2. The van der Waals surface area contributed by atoms with E-state index in [-0.39, 0.29) is 10.9 Å². The maximum Gasteiger partial charge on any atom is 0.239 e. The zero-order chi connectivity index (χ0) is 12.2. The van der Waals surface area contributed by atoms with Crippen molar-refractivity contribution in [2.24, 2.45) is 5.73 Å². The highest BCUT2D eigenvalue weighted by Gasteiger charge is 2.21. The van der Waals surface area contributed by atoms with Crippen LogP contribution in [-0.4, -0.2) is 50.1 Å². The van der Waals surface area contributed by atoms with Gasteiger partial charge in [-0.15, -0.1) is 0 Å². The summed E-state index contributed by atoms with van der Waals surface area (Å²) in [5, 5.41) is 0. The minimum absolute atomic E-state index is 0.132. The van der Waals surface area contributed by atoms with E-state index in [9.17, 15) is 13.2 Å². The molecule has 3 N–H and O–H groups in total. The van der Waals surface area contributed by atoms with Gasteiger partial charge in [0, 0.05) is 14.1 Å². The lowest BCUT2D eigenvalue weighted by Crippen LogP contribution is -2.46. The van der Waals surface area contributed by atoms with Crippen LogP contribution in [0.3, 0.4) is 0 Å². The van der Waals surface area contributed by atoms with Crippen molar-refractivity contribution < 1.29 is 13.2 Å². The minimum atomic E-state index is -3.62. The Kier molecular flexibility index (Phi) is 5.12. The van der Waals surface area contributed by atoms with E-state index in [4.69, 9.17) is 5.73 Å². The number of nitrogens with one attached hydrogen (secondary N) is 1. The third kappa shape index (κ3) is 5.65. The van der Waals surface area contributed by atoms with Gasteiger partial charge < -0.3 is 10.6 Å². The normalized spacial score (nSPS) is 13.3. The van der Waals surface area contributed by atoms with E-state index in [1.165, 1.54) is 11.8 Å². The van der Waals surface area contributed by atoms with Crippen molar-refractivity contribution in [2.75, 3.05) is 19.8 Å². The summed E-state index contributed by atoms with van der Waals surface area (Å²) in [7, 11) is -0.538. The molecule has 1 unspecified atom stereocenters. The van der Waals surface area contributed by atoms with Crippen LogP contribution in [0.2, 0.25) is 0 Å². The lowest BCUT2D eigenvalue weighted by molar-refractivity contribution is -0.130. The summed E-state index contributed by atoms with van der Waals surface area (Å²) >= 11 is 4.48. The van der Waals surface area contributed by atoms with Gasteiger partial charge in [-0.2, -0.15) is 0 Å². The van der Waals surface area contributed by atoms with Gasteiger partial charge in [0.25, 0.3) is 0 Å². The molecule has 0 saturated heterocycles. The van der Waals surface area contributed by atoms with Gasteiger partial charge in [0.05, 0.1) is 11.0 Å². The molecule has 0 radical (unpaired) electrons. The maximum absolute atomic E-state index is 11.3. The quantitative estimate of drug-likeness (QED) is 0.592. The predicted octanol–water partition coefficient (Wildman–Crippen LogP) is -1.33. The summed E-state index contributed by atoms with van der Waals surface area (Å²) < 4.78 is 24.8. The van der Waals surface area contributed by atoms with Crippen LogP contribution in [-0.2, 0) is 14.8 Å². The van der Waals surface area contributed by atoms with E-state index in [1.807, 2.05) is 0 Å². The SMILES string of the molecule is CC(NS(=O)(=O)CC(N)=S)C(=O)N(C)C. The summed E-state index contributed by atoms with van der Waals surface area (Å²) in [6, 6.07) is -0.820. The number of sulfonamides is 1. The third-order valence-electron chi connectivity index (χ3n) is 1.50. The van der Waals surface area contributed by atoms with E-state index in [0.717, 1.165) is 0 Å². The van der Waals surface area contributed by atoms with E-state index < -0.39 is 21.8 Å². The largest absolute Gasteiger partial charge is 0.392 e. The molecule has 15 heavy (non-hydrogen) atoms. The summed E-state index contributed by atoms with van der Waals surface area (Å²) in [4.78, 5) is 12.5. The number of carbonyl (C=O) groups excluding carboxylic acids is 1. The molecule has 0 heterocycles. The number of carbonyl (C=O) groups is 1. The van der Waals surface area contributed by atoms with Crippen LogP contribution in [0.4, 0.5) is 0 Å². The summed E-state index contributed by atoms with van der Waals surface area (Å²) in [6.45, 7) is 1.46. The van der Waals surface area contributed by atoms with Crippen LogP contribution in [0.1, 0.15) is 6.92 Å². The molecule has 0 aromatic heterocycles. The number of likely N-dealkylation sites (N-methyl/N-ethyl adjacent to an activating group) is 1. The molecule has 6 nitrogen and oxygen atoms in total. The Morgan fingerprint density at radius 1 is 1.53 bits per heavy atom. The van der Waals surface area contributed by atoms with Crippen molar-refractivity contribution in [3.8, 4) is 0 Å². The van der Waals surface area contributed by atoms with Crippen LogP contribution in [0.5, 0.6) is 0 Å². The fourth-order valence-electron chi connectivity index (χ4n) is 0.936. The topological polar surface area (TPSA) is 92.5 Å². The van der Waals surface area contributed by atoms with Gasteiger partial charge in [-0.25, -0.2) is 13.1 Å². The van der Waals surface area contributed by atoms with Crippen molar-refractivity contribution in [1.29, 1.82) is 0 Å². The second kappa shape index (κ2) is 5.38. The third-order valence-corrected chi connectivity index (χ3v) is 3.23. The number of hydrogen-bond donors (Lipinski definition) is 2. The van der Waals surface area contributed by atoms with E-state index in [2.05, 4.69) is 16.9 Å². The zero-order valence-corrected chi connectivity index (χ0v) is 10.5. The van der Waals surface area contributed by atoms with Crippen LogP contribution < -0.4 is 10.5 Å². The van der Waals surface area contributed by atoms with Crippen molar-refractivity contribution in [3.05, 3.63) is 0 Å². The Labute approximate surface area is 94.9 Å². The Hall–Kier alpha value is -0.730. The smallest absolute Gasteiger partial charge is 0.239 e. The van der Waals surface area contributed by atoms with Crippen LogP contribution in [0.25, 0.3) is 0 Å². The molecule has 0 saturated carbocycles. The fourth-order valence-corrected chi connectivity index (χ4v) is 2.50. The average molecular weight is 253 g/mol. The molecule has 1 atom stereocenters. The Morgan fingerprint density at radius 2 is 2.00 bits per heavy atom. The van der Waals surface area contributed by atoms with E-state index in [1.54, 1.807) is 14.1 Å². The van der Waals surface area contributed by atoms with Crippen molar-refractivity contribution >= 4 is 33.1 Å². The average Bonchev–Trinajstić information content (AvgIpc) is 1.98. The number of thiocarbonyl (C=S) groups is 1. The number of amides is 1. The molecule has 0 aromatic carbocycles. The van der Waals surface area contributed by atoms with Crippen LogP contribution in [0, 0.1) is 0 Å². The van der Waals surface area contributed by atoms with Gasteiger partial charge >= 0.3 is 0 Å². The molecule has 0 aliphatic heterocycles. The first-order valence-corrected chi connectivity index (χ1v) is 6.21. The number of nitrogens with two attached hydrogens (primary N) is 1. The Bertz CT molecular complexity index is 350. The minimum Gasteiger partial charge on any atom is -0.392 e. The first kappa shape index (κ1) is 14.3. The van der Waals surface area contributed by atoms with Gasteiger partial charge in [-0.05, 0) is 6.92 Å². The zero-order valence-electron chi connectivity index (χ0n) is 8.85. The lowest BCUT2D eigenvalue weighted by Gasteiger charge is -2.17. The van der Waals surface area contributed by atoms with Crippen LogP contribution in [0.15, 0.2) is 0 Å². The first-order chi connectivity index (χ1) is 6.65. The van der Waals surface area contributed by atoms with Gasteiger partial charge in [0.1, 0.15) is 5.75 Å². The molecule has 0 rings (SSSR count). The van der Waals surface area contributed by atoms with E-state index in [0.29, 0.717) is 0 Å². The first-order valence-electron chi connectivity index (χ1n) is 4.15. The molecule has 0 fully saturated rings. The molecule has 0 aliphatic rings. The highest BCUT2D eigenvalue weighted by Crippen LogP contribution is 1.93. The molecule has 0 bridgehead atoms. The monoisotopic (exact) mass is 253 g/mol. The molecule has 0 aromatic rings. The van der Waals surface area contributed by atoms with E-state index >= 15 is 0 Å². The number of rotatable bonds is 5. The summed E-state index contributed by atoms with van der Waals surface area (Å²) in [6.07, 6.45) is 0. The van der Waals surface area contributed by atoms with Crippen molar-refractivity contribution in [2.45, 2.75) is 13.0 Å². The fraction of sp³-hybridized carbons (Fsp3) is 0.714. The molecular formula is C7H15N3O3S2. The van der Waals surface area contributed by atoms with Crippen LogP contribution >= 0.6 is 12.2 Å². The number of hydrogen-bond acceptors (Lipinski definition) is 4. The summed E-state index contributed by atoms with van der Waals surface area (Å²) in [5.41, 5.74) is 5.11. The second-order valence-corrected chi connectivity index (χ2v) is 5.58. The van der Waals surface area contributed by atoms with Crippen molar-refractivity contribution in [1.82, 2.24) is 9.62 Å². The predicted molar refractivity (Wildman–Crippen MR) is 61.9 cm³/mol. The van der Waals surface area contributed by atoms with Crippen molar-refractivity contribution in [3.63, 3.8) is 0 Å². The molecule has 1 amide bonds. The number of nitrogens with zero attached hydrogens (tertiary/aromatic N) is 1. The Morgan fingerprint density at radius 3 is 2.33 bits per heavy atom. The van der Waals surface area contributed by atoms with Gasteiger partial charge in [-0.1, -0.05) is 12.2 Å². The molecule has 88 valence electrons. The highest BCUT2D eigenvalue weighted by molar-refractivity contribution is 7.92. The molecular weight excluding hydrogens is 238 g/mol. The van der Waals surface area contributed by atoms with Gasteiger partial charge in [0.15, 0.2) is 0 Å². The van der Waals surface area contributed by atoms with Gasteiger partial charge in [0.2, 0.25) is 15.9 Å². The molecule has 0 spiro atoms. The second-order valence-electron chi connectivity index (χ2n) is 3.30. The maximum atomic E-state index is 11.3. The van der Waals surface area contributed by atoms with Gasteiger partial charge in [-0.3, -0.25) is 4.79 Å². The standard InChI is InChI=1S/C7H15N3O3S2/c1-5(7(11)10(2)3)9-15(12,13)4-6(8)14/h5,9H,4H2,1-3H3,(H2,8,14). The Balaban J connectivity index is 4.47.